The van der Waals surface area contributed by atoms with Crippen LogP contribution in [0, 0.1) is 5.92 Å². The second-order valence-corrected chi connectivity index (χ2v) is 5.80. The van der Waals surface area contributed by atoms with Crippen LogP contribution in [-0.4, -0.2) is 49.6 Å². The van der Waals surface area contributed by atoms with Crippen LogP contribution in [-0.2, 0) is 4.79 Å². The third kappa shape index (κ3) is 6.92. The summed E-state index contributed by atoms with van der Waals surface area (Å²) < 4.78 is 0. The van der Waals surface area contributed by atoms with Crippen LogP contribution in [0.4, 0.5) is 0 Å². The first-order valence-corrected chi connectivity index (χ1v) is 7.85. The Morgan fingerprint density at radius 1 is 1.37 bits per heavy atom. The lowest BCUT2D eigenvalue weighted by Gasteiger charge is -2.25. The van der Waals surface area contributed by atoms with Crippen LogP contribution in [0.5, 0.6) is 0 Å². The molecule has 1 fully saturated rings. The molecule has 1 saturated heterocycles. The van der Waals surface area contributed by atoms with E-state index in [1.165, 1.54) is 12.8 Å². The van der Waals surface area contributed by atoms with E-state index >= 15 is 0 Å². The summed E-state index contributed by atoms with van der Waals surface area (Å²) in [6.45, 7) is 11.6. The first kappa shape index (κ1) is 16.4. The van der Waals surface area contributed by atoms with Gasteiger partial charge in [0, 0.05) is 25.6 Å². The molecule has 0 aromatic heterocycles. The third-order valence-corrected chi connectivity index (χ3v) is 4.10. The van der Waals surface area contributed by atoms with Crippen molar-refractivity contribution in [2.45, 2.75) is 52.5 Å². The van der Waals surface area contributed by atoms with Gasteiger partial charge in [-0.25, -0.2) is 0 Å². The molecule has 112 valence electrons. The SMILES string of the molecule is CCN(CCNC(=O)CCC1CCNCC1)C(C)C. The number of amides is 1. The summed E-state index contributed by atoms with van der Waals surface area (Å²) in [5.41, 5.74) is 0. The van der Waals surface area contributed by atoms with Gasteiger partial charge in [-0.05, 0) is 58.7 Å². The third-order valence-electron chi connectivity index (χ3n) is 4.10. The topological polar surface area (TPSA) is 44.4 Å². The lowest BCUT2D eigenvalue weighted by Crippen LogP contribution is -2.38. The Balaban J connectivity index is 2.07. The minimum atomic E-state index is 0.221. The Morgan fingerprint density at radius 2 is 2.05 bits per heavy atom. The highest BCUT2D eigenvalue weighted by Gasteiger charge is 2.14. The molecule has 2 N–H and O–H groups in total. The van der Waals surface area contributed by atoms with Gasteiger partial charge in [-0.2, -0.15) is 0 Å². The van der Waals surface area contributed by atoms with Crippen LogP contribution < -0.4 is 10.6 Å². The maximum absolute atomic E-state index is 11.8. The molecule has 0 unspecified atom stereocenters. The fourth-order valence-corrected chi connectivity index (χ4v) is 2.71. The second-order valence-electron chi connectivity index (χ2n) is 5.80. The summed E-state index contributed by atoms with van der Waals surface area (Å²) in [5.74, 6) is 0.966. The molecule has 1 rings (SSSR count). The number of nitrogens with zero attached hydrogens (tertiary/aromatic N) is 1. The molecule has 0 atom stereocenters. The second kappa shape index (κ2) is 9.32. The molecule has 1 aliphatic heterocycles. The Bertz CT molecular complexity index is 250. The molecular weight excluding hydrogens is 238 g/mol. The number of hydrogen-bond acceptors (Lipinski definition) is 3. The van der Waals surface area contributed by atoms with E-state index in [-0.39, 0.29) is 5.91 Å². The molecule has 0 bridgehead atoms. The molecular formula is C15H31N3O. The lowest BCUT2D eigenvalue weighted by molar-refractivity contribution is -0.121. The number of piperidine rings is 1. The first-order chi connectivity index (χ1) is 9.13. The van der Waals surface area contributed by atoms with Crippen LogP contribution in [0.1, 0.15) is 46.5 Å². The van der Waals surface area contributed by atoms with Gasteiger partial charge in [0.15, 0.2) is 0 Å². The fourth-order valence-electron chi connectivity index (χ4n) is 2.71. The number of hydrogen-bond donors (Lipinski definition) is 2. The fraction of sp³-hybridized carbons (Fsp3) is 0.933. The zero-order valence-electron chi connectivity index (χ0n) is 12.9. The van der Waals surface area contributed by atoms with Crippen molar-refractivity contribution < 1.29 is 4.79 Å². The predicted molar refractivity (Wildman–Crippen MR) is 80.2 cm³/mol. The number of carbonyl (C=O) groups is 1. The van der Waals surface area contributed by atoms with Gasteiger partial charge in [-0.15, -0.1) is 0 Å². The Hall–Kier alpha value is -0.610. The Morgan fingerprint density at radius 3 is 2.63 bits per heavy atom. The monoisotopic (exact) mass is 269 g/mol. The molecule has 1 aliphatic rings. The zero-order valence-corrected chi connectivity index (χ0v) is 12.9. The van der Waals surface area contributed by atoms with Crippen molar-refractivity contribution in [2.75, 3.05) is 32.7 Å². The lowest BCUT2D eigenvalue weighted by atomic mass is 9.93. The minimum Gasteiger partial charge on any atom is -0.355 e. The maximum Gasteiger partial charge on any atom is 0.220 e. The van der Waals surface area contributed by atoms with E-state index in [0.717, 1.165) is 45.1 Å². The summed E-state index contributed by atoms with van der Waals surface area (Å²) >= 11 is 0. The number of rotatable bonds is 8. The average Bonchev–Trinajstić information content (AvgIpc) is 2.42. The van der Waals surface area contributed by atoms with Gasteiger partial charge in [0.05, 0.1) is 0 Å². The molecule has 0 radical (unpaired) electrons. The van der Waals surface area contributed by atoms with Gasteiger partial charge < -0.3 is 10.6 Å². The van der Waals surface area contributed by atoms with Crippen LogP contribution in [0.15, 0.2) is 0 Å². The van der Waals surface area contributed by atoms with Crippen molar-refractivity contribution in [1.82, 2.24) is 15.5 Å². The molecule has 0 aliphatic carbocycles. The van der Waals surface area contributed by atoms with Crippen LogP contribution in [0.25, 0.3) is 0 Å². The molecule has 4 heteroatoms. The number of likely N-dealkylation sites (N-methyl/N-ethyl adjacent to an activating group) is 1. The van der Waals surface area contributed by atoms with Crippen LogP contribution in [0.3, 0.4) is 0 Å². The van der Waals surface area contributed by atoms with Crippen molar-refractivity contribution in [3.05, 3.63) is 0 Å². The molecule has 1 heterocycles. The van der Waals surface area contributed by atoms with Gasteiger partial charge in [-0.3, -0.25) is 9.69 Å². The molecule has 0 aromatic carbocycles. The number of carbonyl (C=O) groups excluding carboxylic acids is 1. The van der Waals surface area contributed by atoms with Crippen molar-refractivity contribution in [1.29, 1.82) is 0 Å². The summed E-state index contributed by atoms with van der Waals surface area (Å²) in [4.78, 5) is 14.1. The number of nitrogens with one attached hydrogen (secondary N) is 2. The van der Waals surface area contributed by atoms with Gasteiger partial charge in [0.1, 0.15) is 0 Å². The molecule has 19 heavy (non-hydrogen) atoms. The van der Waals surface area contributed by atoms with E-state index in [9.17, 15) is 4.79 Å². The van der Waals surface area contributed by atoms with E-state index in [0.29, 0.717) is 12.5 Å². The van der Waals surface area contributed by atoms with E-state index in [1.807, 2.05) is 0 Å². The minimum absolute atomic E-state index is 0.221. The van der Waals surface area contributed by atoms with Crippen molar-refractivity contribution in [2.24, 2.45) is 5.92 Å². The van der Waals surface area contributed by atoms with Crippen molar-refractivity contribution in [3.8, 4) is 0 Å². The normalized spacial score (nSPS) is 17.1. The average molecular weight is 269 g/mol. The van der Waals surface area contributed by atoms with E-state index in [2.05, 4.69) is 36.3 Å². The molecule has 0 saturated carbocycles. The van der Waals surface area contributed by atoms with E-state index in [4.69, 9.17) is 0 Å². The Labute approximate surface area is 118 Å². The van der Waals surface area contributed by atoms with Gasteiger partial charge in [-0.1, -0.05) is 6.92 Å². The quantitative estimate of drug-likeness (QED) is 0.704. The smallest absolute Gasteiger partial charge is 0.220 e. The van der Waals surface area contributed by atoms with Crippen LogP contribution >= 0.6 is 0 Å². The van der Waals surface area contributed by atoms with Crippen molar-refractivity contribution >= 4 is 5.91 Å². The molecule has 1 amide bonds. The van der Waals surface area contributed by atoms with E-state index < -0.39 is 0 Å². The molecule has 0 aromatic rings. The standard InChI is InChI=1S/C15H31N3O/c1-4-18(13(2)3)12-11-17-15(19)6-5-14-7-9-16-10-8-14/h13-14,16H,4-12H2,1-3H3,(H,17,19). The summed E-state index contributed by atoms with van der Waals surface area (Å²) in [6.07, 6.45) is 4.20. The highest BCUT2D eigenvalue weighted by molar-refractivity contribution is 5.75. The summed E-state index contributed by atoms with van der Waals surface area (Å²) in [5, 5.41) is 6.41. The van der Waals surface area contributed by atoms with Crippen LogP contribution in [0.2, 0.25) is 0 Å². The zero-order chi connectivity index (χ0) is 14.1. The van der Waals surface area contributed by atoms with Gasteiger partial charge in [0.25, 0.3) is 0 Å². The maximum atomic E-state index is 11.8. The first-order valence-electron chi connectivity index (χ1n) is 7.85. The van der Waals surface area contributed by atoms with Gasteiger partial charge in [0.2, 0.25) is 5.91 Å². The molecule has 4 nitrogen and oxygen atoms in total. The van der Waals surface area contributed by atoms with Gasteiger partial charge >= 0.3 is 0 Å². The summed E-state index contributed by atoms with van der Waals surface area (Å²) in [6, 6.07) is 0.552. The highest BCUT2D eigenvalue weighted by Crippen LogP contribution is 2.17. The highest BCUT2D eigenvalue weighted by atomic mass is 16.1. The van der Waals surface area contributed by atoms with E-state index in [1.54, 1.807) is 0 Å². The predicted octanol–water partition coefficient (Wildman–Crippen LogP) is 1.61. The Kier molecular flexibility index (Phi) is 8.07. The summed E-state index contributed by atoms with van der Waals surface area (Å²) in [7, 11) is 0. The van der Waals surface area contributed by atoms with Crippen molar-refractivity contribution in [3.63, 3.8) is 0 Å². The largest absolute Gasteiger partial charge is 0.355 e. The molecule has 0 spiro atoms.